The standard InChI is InChI=1S/C10H12N4.C2H6/c1-8-4-9(2-3-10(8)11)5-14-7-12-6-13-14;1-2/h2-4,6-7H,5,11H2,1H3;1-2H3. The normalized spacial score (nSPS) is 9.44. The predicted molar refractivity (Wildman–Crippen MR) is 66.1 cm³/mol. The number of aromatic nitrogens is 3. The monoisotopic (exact) mass is 218 g/mol. The molecule has 0 aliphatic rings. The van der Waals surface area contributed by atoms with E-state index in [1.165, 1.54) is 11.9 Å². The van der Waals surface area contributed by atoms with Gasteiger partial charge in [-0.25, -0.2) is 9.67 Å². The summed E-state index contributed by atoms with van der Waals surface area (Å²) >= 11 is 0. The van der Waals surface area contributed by atoms with Gasteiger partial charge in [-0.05, 0) is 24.1 Å². The molecular weight excluding hydrogens is 200 g/mol. The Kier molecular flexibility index (Phi) is 4.51. The minimum Gasteiger partial charge on any atom is -0.399 e. The molecule has 4 nitrogen and oxygen atoms in total. The first-order valence-corrected chi connectivity index (χ1v) is 5.43. The molecule has 2 N–H and O–H groups in total. The largest absolute Gasteiger partial charge is 0.399 e. The molecule has 0 saturated carbocycles. The van der Waals surface area contributed by atoms with Crippen molar-refractivity contribution in [2.24, 2.45) is 0 Å². The molecule has 2 aromatic rings. The second-order valence-corrected chi connectivity index (χ2v) is 3.28. The van der Waals surface area contributed by atoms with Crippen LogP contribution in [0.2, 0.25) is 0 Å². The van der Waals surface area contributed by atoms with Crippen molar-refractivity contribution >= 4 is 5.69 Å². The van der Waals surface area contributed by atoms with Crippen molar-refractivity contribution < 1.29 is 0 Å². The topological polar surface area (TPSA) is 56.7 Å². The lowest BCUT2D eigenvalue weighted by Gasteiger charge is -2.04. The Morgan fingerprint density at radius 2 is 2.06 bits per heavy atom. The van der Waals surface area contributed by atoms with Crippen molar-refractivity contribution in [1.29, 1.82) is 0 Å². The molecule has 1 aromatic heterocycles. The van der Waals surface area contributed by atoms with Gasteiger partial charge in [0.1, 0.15) is 12.7 Å². The maximum absolute atomic E-state index is 5.73. The molecule has 0 radical (unpaired) electrons. The molecule has 0 atom stereocenters. The first-order chi connectivity index (χ1) is 7.75. The summed E-state index contributed by atoms with van der Waals surface area (Å²) in [5, 5.41) is 4.04. The Morgan fingerprint density at radius 3 is 2.62 bits per heavy atom. The zero-order valence-corrected chi connectivity index (χ0v) is 10.0. The van der Waals surface area contributed by atoms with E-state index in [0.29, 0.717) is 0 Å². The van der Waals surface area contributed by atoms with E-state index < -0.39 is 0 Å². The number of nitrogens with two attached hydrogens (primary N) is 1. The highest BCUT2D eigenvalue weighted by Crippen LogP contribution is 2.13. The number of benzene rings is 1. The van der Waals surface area contributed by atoms with Crippen LogP contribution in [0.4, 0.5) is 5.69 Å². The first-order valence-electron chi connectivity index (χ1n) is 5.43. The van der Waals surface area contributed by atoms with Crippen LogP contribution in [-0.2, 0) is 6.54 Å². The highest BCUT2D eigenvalue weighted by atomic mass is 15.3. The van der Waals surface area contributed by atoms with Crippen molar-refractivity contribution in [3.63, 3.8) is 0 Å². The summed E-state index contributed by atoms with van der Waals surface area (Å²) in [5.41, 5.74) is 8.84. The highest BCUT2D eigenvalue weighted by molar-refractivity contribution is 5.47. The Hall–Kier alpha value is -1.84. The molecule has 16 heavy (non-hydrogen) atoms. The molecule has 0 unspecified atom stereocenters. The zero-order chi connectivity index (χ0) is 12.0. The van der Waals surface area contributed by atoms with Crippen molar-refractivity contribution in [3.8, 4) is 0 Å². The zero-order valence-electron chi connectivity index (χ0n) is 10.0. The number of hydrogen-bond acceptors (Lipinski definition) is 3. The Bertz CT molecular complexity index is 421. The van der Waals surface area contributed by atoms with Crippen LogP contribution in [-0.4, -0.2) is 14.8 Å². The Labute approximate surface area is 96.1 Å². The summed E-state index contributed by atoms with van der Waals surface area (Å²) < 4.78 is 1.78. The van der Waals surface area contributed by atoms with Gasteiger partial charge in [0.05, 0.1) is 6.54 Å². The number of hydrogen-bond donors (Lipinski definition) is 1. The van der Waals surface area contributed by atoms with Crippen LogP contribution in [0.5, 0.6) is 0 Å². The minimum absolute atomic E-state index is 0.737. The maximum Gasteiger partial charge on any atom is 0.137 e. The molecule has 0 aliphatic heterocycles. The molecule has 1 aromatic carbocycles. The second kappa shape index (κ2) is 5.90. The number of rotatable bonds is 2. The van der Waals surface area contributed by atoms with E-state index >= 15 is 0 Å². The smallest absolute Gasteiger partial charge is 0.137 e. The lowest BCUT2D eigenvalue weighted by atomic mass is 10.1. The quantitative estimate of drug-likeness (QED) is 0.786. The number of anilines is 1. The fourth-order valence-electron chi connectivity index (χ4n) is 1.34. The second-order valence-electron chi connectivity index (χ2n) is 3.28. The molecule has 0 saturated heterocycles. The predicted octanol–water partition coefficient (Wildman–Crippen LogP) is 2.24. The van der Waals surface area contributed by atoms with Crippen LogP contribution in [0.3, 0.4) is 0 Å². The third kappa shape index (κ3) is 3.08. The van der Waals surface area contributed by atoms with E-state index in [4.69, 9.17) is 5.73 Å². The lowest BCUT2D eigenvalue weighted by molar-refractivity contribution is 0.684. The van der Waals surface area contributed by atoms with Gasteiger partial charge in [-0.1, -0.05) is 26.0 Å². The van der Waals surface area contributed by atoms with E-state index in [1.54, 1.807) is 11.0 Å². The van der Waals surface area contributed by atoms with Gasteiger partial charge < -0.3 is 5.73 Å². The van der Waals surface area contributed by atoms with Gasteiger partial charge in [-0.2, -0.15) is 5.10 Å². The summed E-state index contributed by atoms with van der Waals surface area (Å²) in [5.74, 6) is 0. The maximum atomic E-state index is 5.73. The van der Waals surface area contributed by atoms with E-state index in [-0.39, 0.29) is 0 Å². The van der Waals surface area contributed by atoms with Crippen LogP contribution >= 0.6 is 0 Å². The van der Waals surface area contributed by atoms with Crippen LogP contribution in [0, 0.1) is 6.92 Å². The van der Waals surface area contributed by atoms with Gasteiger partial charge in [0, 0.05) is 5.69 Å². The summed E-state index contributed by atoms with van der Waals surface area (Å²) in [7, 11) is 0. The van der Waals surface area contributed by atoms with Gasteiger partial charge in [0.25, 0.3) is 0 Å². The van der Waals surface area contributed by atoms with Gasteiger partial charge in [0.2, 0.25) is 0 Å². The molecule has 0 aliphatic carbocycles. The van der Waals surface area contributed by atoms with Crippen molar-refractivity contribution in [2.75, 3.05) is 5.73 Å². The molecule has 4 heteroatoms. The molecule has 86 valence electrons. The number of nitrogens with zero attached hydrogens (tertiary/aromatic N) is 3. The van der Waals surface area contributed by atoms with Crippen molar-refractivity contribution in [2.45, 2.75) is 27.3 Å². The van der Waals surface area contributed by atoms with Gasteiger partial charge in [-0.3, -0.25) is 0 Å². The summed E-state index contributed by atoms with van der Waals surface area (Å²) in [6.45, 7) is 6.74. The SMILES string of the molecule is CC.Cc1cc(Cn2cncn2)ccc1N. The van der Waals surface area contributed by atoms with Gasteiger partial charge >= 0.3 is 0 Å². The van der Waals surface area contributed by atoms with Crippen LogP contribution in [0.15, 0.2) is 30.9 Å². The molecule has 0 spiro atoms. The van der Waals surface area contributed by atoms with E-state index in [9.17, 15) is 0 Å². The van der Waals surface area contributed by atoms with Crippen molar-refractivity contribution in [3.05, 3.63) is 42.0 Å². The van der Waals surface area contributed by atoms with E-state index in [0.717, 1.165) is 17.8 Å². The summed E-state index contributed by atoms with van der Waals surface area (Å²) in [6, 6.07) is 5.99. The van der Waals surface area contributed by atoms with Gasteiger partial charge in [-0.15, -0.1) is 0 Å². The molecule has 0 bridgehead atoms. The van der Waals surface area contributed by atoms with E-state index in [1.807, 2.05) is 32.9 Å². The third-order valence-electron chi connectivity index (χ3n) is 2.15. The molecular formula is C12H18N4. The molecule has 1 heterocycles. The number of nitrogen functional groups attached to an aromatic ring is 1. The fraction of sp³-hybridized carbons (Fsp3) is 0.333. The fourth-order valence-corrected chi connectivity index (χ4v) is 1.34. The number of aryl methyl sites for hydroxylation is 1. The van der Waals surface area contributed by atoms with Crippen LogP contribution in [0.25, 0.3) is 0 Å². The molecule has 0 fully saturated rings. The van der Waals surface area contributed by atoms with E-state index in [2.05, 4.69) is 16.1 Å². The average Bonchev–Trinajstić information content (AvgIpc) is 2.79. The van der Waals surface area contributed by atoms with Gasteiger partial charge in [0.15, 0.2) is 0 Å². The molecule has 0 amide bonds. The first kappa shape index (κ1) is 12.2. The third-order valence-corrected chi connectivity index (χ3v) is 2.15. The average molecular weight is 218 g/mol. The Morgan fingerprint density at radius 1 is 1.31 bits per heavy atom. The highest BCUT2D eigenvalue weighted by Gasteiger charge is 1.98. The summed E-state index contributed by atoms with van der Waals surface area (Å²) in [6.07, 6.45) is 3.23. The molecule has 2 rings (SSSR count). The lowest BCUT2D eigenvalue weighted by Crippen LogP contribution is -2.01. The Balaban J connectivity index is 0.000000606. The van der Waals surface area contributed by atoms with Crippen molar-refractivity contribution in [1.82, 2.24) is 14.8 Å². The summed E-state index contributed by atoms with van der Waals surface area (Å²) in [4.78, 5) is 3.89. The van der Waals surface area contributed by atoms with Crippen LogP contribution in [0.1, 0.15) is 25.0 Å². The van der Waals surface area contributed by atoms with Crippen LogP contribution < -0.4 is 5.73 Å². The minimum atomic E-state index is 0.737.